The van der Waals surface area contributed by atoms with Gasteiger partial charge in [0.25, 0.3) is 0 Å². The Kier molecular flexibility index (Phi) is 2.57. The summed E-state index contributed by atoms with van der Waals surface area (Å²) in [5, 5.41) is 26.3. The summed E-state index contributed by atoms with van der Waals surface area (Å²) in [6.45, 7) is -0.858. The molecule has 0 saturated heterocycles. The van der Waals surface area contributed by atoms with Crippen molar-refractivity contribution in [3.05, 3.63) is 23.3 Å². The highest BCUT2D eigenvalue weighted by molar-refractivity contribution is 5.46. The van der Waals surface area contributed by atoms with Crippen LogP contribution in [-0.2, 0) is 12.8 Å². The van der Waals surface area contributed by atoms with Crippen molar-refractivity contribution < 1.29 is 28.5 Å². The summed E-state index contributed by atoms with van der Waals surface area (Å²) < 4.78 is 36.7. The molecule has 0 radical (unpaired) electrons. The zero-order chi connectivity index (χ0) is 10.9. The van der Waals surface area contributed by atoms with E-state index in [4.69, 9.17) is 15.3 Å². The van der Waals surface area contributed by atoms with Crippen LogP contribution in [0.3, 0.4) is 0 Å². The molecule has 0 aliphatic carbocycles. The number of phenols is 2. The summed E-state index contributed by atoms with van der Waals surface area (Å²) in [7, 11) is 0. The van der Waals surface area contributed by atoms with Crippen LogP contribution in [0.2, 0.25) is 0 Å². The zero-order valence-corrected chi connectivity index (χ0v) is 6.84. The first kappa shape index (κ1) is 10.6. The molecule has 78 valence electrons. The molecular weight excluding hydrogens is 201 g/mol. The number of hydrogen-bond donors (Lipinski definition) is 3. The highest BCUT2D eigenvalue weighted by Crippen LogP contribution is 2.37. The maximum atomic E-state index is 12.2. The van der Waals surface area contributed by atoms with E-state index in [1.807, 2.05) is 0 Å². The van der Waals surface area contributed by atoms with Crippen LogP contribution in [0, 0.1) is 0 Å². The van der Waals surface area contributed by atoms with Gasteiger partial charge in [0, 0.05) is 0 Å². The Balaban J connectivity index is 3.35. The van der Waals surface area contributed by atoms with Crippen molar-refractivity contribution in [3.63, 3.8) is 0 Å². The Hall–Kier alpha value is -1.43. The van der Waals surface area contributed by atoms with E-state index in [0.29, 0.717) is 12.1 Å². The van der Waals surface area contributed by atoms with Crippen molar-refractivity contribution in [2.45, 2.75) is 12.8 Å². The maximum absolute atomic E-state index is 12.2. The van der Waals surface area contributed by atoms with Gasteiger partial charge in [0.1, 0.15) is 0 Å². The van der Waals surface area contributed by atoms with Crippen molar-refractivity contribution in [3.8, 4) is 11.5 Å². The number of rotatable bonds is 1. The molecule has 0 fully saturated rings. The second kappa shape index (κ2) is 3.38. The predicted octanol–water partition coefficient (Wildman–Crippen LogP) is 1.61. The highest BCUT2D eigenvalue weighted by Gasteiger charge is 2.34. The lowest BCUT2D eigenvalue weighted by molar-refractivity contribution is -0.138. The van der Waals surface area contributed by atoms with E-state index >= 15 is 0 Å². The molecule has 6 heteroatoms. The van der Waals surface area contributed by atoms with Crippen molar-refractivity contribution in [1.29, 1.82) is 0 Å². The van der Waals surface area contributed by atoms with E-state index in [-0.39, 0.29) is 0 Å². The smallest absolute Gasteiger partial charge is 0.416 e. The molecule has 1 aromatic carbocycles. The first-order chi connectivity index (χ1) is 6.36. The quantitative estimate of drug-likeness (QED) is 0.614. The Morgan fingerprint density at radius 3 is 2.00 bits per heavy atom. The van der Waals surface area contributed by atoms with E-state index in [0.717, 1.165) is 0 Å². The number of hydrogen-bond acceptors (Lipinski definition) is 3. The molecule has 3 N–H and O–H groups in total. The molecule has 3 nitrogen and oxygen atoms in total. The first-order valence-electron chi connectivity index (χ1n) is 3.59. The molecule has 0 amide bonds. The van der Waals surface area contributed by atoms with Gasteiger partial charge in [-0.15, -0.1) is 0 Å². The molecule has 1 aromatic rings. The normalized spacial score (nSPS) is 11.7. The molecule has 0 aliphatic rings. The van der Waals surface area contributed by atoms with Crippen molar-refractivity contribution in [2.75, 3.05) is 0 Å². The largest absolute Gasteiger partial charge is 0.504 e. The maximum Gasteiger partial charge on any atom is 0.416 e. The van der Waals surface area contributed by atoms with Gasteiger partial charge in [-0.05, 0) is 17.7 Å². The predicted molar refractivity (Wildman–Crippen MR) is 40.7 cm³/mol. The number of halogens is 3. The van der Waals surface area contributed by atoms with Crippen LogP contribution in [0.25, 0.3) is 0 Å². The monoisotopic (exact) mass is 208 g/mol. The van der Waals surface area contributed by atoms with Crippen LogP contribution >= 0.6 is 0 Å². The Morgan fingerprint density at radius 2 is 1.57 bits per heavy atom. The Morgan fingerprint density at radius 1 is 1.07 bits per heavy atom. The molecule has 0 heterocycles. The van der Waals surface area contributed by atoms with E-state index in [1.165, 1.54) is 0 Å². The molecular formula is C8H7F3O3. The van der Waals surface area contributed by atoms with Crippen LogP contribution in [-0.4, -0.2) is 15.3 Å². The summed E-state index contributed by atoms with van der Waals surface area (Å²) in [6.07, 6.45) is -4.66. The number of benzene rings is 1. The standard InChI is InChI=1S/C8H7F3O3/c9-8(10,11)5-2-7(14)6(13)1-4(5)3-12/h1-2,12-14H,3H2. The number of alkyl halides is 3. The van der Waals surface area contributed by atoms with E-state index in [9.17, 15) is 13.2 Å². The van der Waals surface area contributed by atoms with Gasteiger partial charge in [-0.2, -0.15) is 13.2 Å². The fourth-order valence-corrected chi connectivity index (χ4v) is 1.01. The third-order valence-corrected chi connectivity index (χ3v) is 1.68. The molecule has 0 aromatic heterocycles. The van der Waals surface area contributed by atoms with Gasteiger partial charge in [0.05, 0.1) is 12.2 Å². The first-order valence-corrected chi connectivity index (χ1v) is 3.59. The van der Waals surface area contributed by atoms with Gasteiger partial charge >= 0.3 is 6.18 Å². The van der Waals surface area contributed by atoms with Crippen LogP contribution in [0.4, 0.5) is 13.2 Å². The molecule has 0 bridgehead atoms. The van der Waals surface area contributed by atoms with Gasteiger partial charge < -0.3 is 15.3 Å². The fourth-order valence-electron chi connectivity index (χ4n) is 1.01. The number of aliphatic hydroxyl groups is 1. The minimum Gasteiger partial charge on any atom is -0.504 e. The third-order valence-electron chi connectivity index (χ3n) is 1.68. The van der Waals surface area contributed by atoms with Crippen LogP contribution in [0.15, 0.2) is 12.1 Å². The summed E-state index contributed by atoms with van der Waals surface area (Å²) in [4.78, 5) is 0. The van der Waals surface area contributed by atoms with E-state index in [2.05, 4.69) is 0 Å². The van der Waals surface area contributed by atoms with Gasteiger partial charge in [0.15, 0.2) is 11.5 Å². The lowest BCUT2D eigenvalue weighted by Gasteiger charge is -2.12. The minimum atomic E-state index is -4.66. The average Bonchev–Trinajstić information content (AvgIpc) is 2.07. The topological polar surface area (TPSA) is 60.7 Å². The summed E-state index contributed by atoms with van der Waals surface area (Å²) >= 11 is 0. The minimum absolute atomic E-state index is 0.376. The average molecular weight is 208 g/mol. The van der Waals surface area contributed by atoms with Crippen molar-refractivity contribution >= 4 is 0 Å². The van der Waals surface area contributed by atoms with Gasteiger partial charge in [0.2, 0.25) is 0 Å². The Labute approximate surface area is 77.0 Å². The molecule has 0 spiro atoms. The van der Waals surface area contributed by atoms with Crippen LogP contribution in [0.1, 0.15) is 11.1 Å². The second-order valence-corrected chi connectivity index (χ2v) is 2.65. The number of aliphatic hydroxyl groups excluding tert-OH is 1. The van der Waals surface area contributed by atoms with Crippen LogP contribution in [0.5, 0.6) is 11.5 Å². The van der Waals surface area contributed by atoms with Crippen molar-refractivity contribution in [1.82, 2.24) is 0 Å². The summed E-state index contributed by atoms with van der Waals surface area (Å²) in [6, 6.07) is 1.05. The fraction of sp³-hybridized carbons (Fsp3) is 0.250. The lowest BCUT2D eigenvalue weighted by atomic mass is 10.1. The van der Waals surface area contributed by atoms with Gasteiger partial charge in [-0.25, -0.2) is 0 Å². The highest BCUT2D eigenvalue weighted by atomic mass is 19.4. The second-order valence-electron chi connectivity index (χ2n) is 2.65. The summed E-state index contributed by atoms with van der Waals surface area (Å²) in [5.74, 6) is -1.56. The molecule has 0 aliphatic heterocycles. The molecule has 0 unspecified atom stereocenters. The van der Waals surface area contributed by atoms with E-state index in [1.54, 1.807) is 0 Å². The molecule has 14 heavy (non-hydrogen) atoms. The molecule has 0 atom stereocenters. The zero-order valence-electron chi connectivity index (χ0n) is 6.84. The Bertz CT molecular complexity index is 346. The number of phenolic OH excluding ortho intramolecular Hbond substituents is 2. The lowest BCUT2D eigenvalue weighted by Crippen LogP contribution is -2.09. The molecule has 1 rings (SSSR count). The van der Waals surface area contributed by atoms with Gasteiger partial charge in [-0.1, -0.05) is 0 Å². The van der Waals surface area contributed by atoms with Crippen molar-refractivity contribution in [2.24, 2.45) is 0 Å². The molecule has 0 saturated carbocycles. The number of aromatic hydroxyl groups is 2. The summed E-state index contributed by atoms with van der Waals surface area (Å²) in [5.41, 5.74) is -1.64. The SMILES string of the molecule is OCc1cc(O)c(O)cc1C(F)(F)F. The van der Waals surface area contributed by atoms with E-state index < -0.39 is 35.4 Å². The van der Waals surface area contributed by atoms with Gasteiger partial charge in [-0.3, -0.25) is 0 Å². The van der Waals surface area contributed by atoms with Crippen LogP contribution < -0.4 is 0 Å². The third kappa shape index (κ3) is 1.90.